The Hall–Kier alpha value is -1.62. The average molecular weight is 291 g/mol. The summed E-state index contributed by atoms with van der Waals surface area (Å²) in [5.41, 5.74) is 6.12. The first-order chi connectivity index (χ1) is 10.1. The Labute approximate surface area is 124 Å². The number of benzene rings is 1. The third kappa shape index (κ3) is 4.43. The molecule has 0 spiro atoms. The Morgan fingerprint density at radius 2 is 1.86 bits per heavy atom. The maximum atomic E-state index is 13.1. The molecule has 114 valence electrons. The lowest BCUT2D eigenvalue weighted by atomic mass is 10.2. The summed E-state index contributed by atoms with van der Waals surface area (Å²) in [4.78, 5) is 14.4. The van der Waals surface area contributed by atoms with Gasteiger partial charge in [-0.2, -0.15) is 0 Å². The fourth-order valence-corrected chi connectivity index (χ4v) is 2.56. The lowest BCUT2D eigenvalue weighted by molar-refractivity contribution is -0.117. The topological polar surface area (TPSA) is 58.4 Å². The zero-order valence-electron chi connectivity index (χ0n) is 12.1. The predicted octanol–water partition coefficient (Wildman–Crippen LogP) is 2.47. The highest BCUT2D eigenvalue weighted by molar-refractivity contribution is 5.92. The van der Waals surface area contributed by atoms with Gasteiger partial charge in [0.15, 0.2) is 0 Å². The molecule has 0 heterocycles. The standard InChI is InChI=1S/C16H22FN3O/c17-14-6-5-13(7-15(14)18)19-16(21)10-20(8-11-1-2-11)9-12-3-4-12/h5-7,11-12H,1-4,8-10,18H2,(H,19,21). The summed E-state index contributed by atoms with van der Waals surface area (Å²) in [6, 6.07) is 4.27. The van der Waals surface area contributed by atoms with E-state index < -0.39 is 5.82 Å². The Bertz CT molecular complexity index is 512. The van der Waals surface area contributed by atoms with Crippen molar-refractivity contribution in [3.05, 3.63) is 24.0 Å². The van der Waals surface area contributed by atoms with Crippen LogP contribution in [0.2, 0.25) is 0 Å². The minimum atomic E-state index is -0.461. The highest BCUT2D eigenvalue weighted by Gasteiger charge is 2.29. The molecule has 2 fully saturated rings. The van der Waals surface area contributed by atoms with Crippen molar-refractivity contribution < 1.29 is 9.18 Å². The van der Waals surface area contributed by atoms with Crippen LogP contribution < -0.4 is 11.1 Å². The molecule has 0 aliphatic heterocycles. The smallest absolute Gasteiger partial charge is 0.238 e. The van der Waals surface area contributed by atoms with Crippen molar-refractivity contribution in [2.45, 2.75) is 25.7 Å². The molecule has 5 heteroatoms. The van der Waals surface area contributed by atoms with Gasteiger partial charge in [-0.1, -0.05) is 0 Å². The molecule has 0 radical (unpaired) electrons. The first kappa shape index (κ1) is 14.3. The van der Waals surface area contributed by atoms with E-state index in [9.17, 15) is 9.18 Å². The molecule has 2 aliphatic carbocycles. The van der Waals surface area contributed by atoms with Gasteiger partial charge in [0.1, 0.15) is 5.82 Å². The minimum Gasteiger partial charge on any atom is -0.396 e. The van der Waals surface area contributed by atoms with Crippen molar-refractivity contribution in [3.8, 4) is 0 Å². The van der Waals surface area contributed by atoms with E-state index in [0.717, 1.165) is 24.9 Å². The Balaban J connectivity index is 1.53. The van der Waals surface area contributed by atoms with E-state index >= 15 is 0 Å². The first-order valence-corrected chi connectivity index (χ1v) is 7.67. The van der Waals surface area contributed by atoms with Gasteiger partial charge in [-0.3, -0.25) is 9.69 Å². The van der Waals surface area contributed by atoms with Crippen LogP contribution in [0.5, 0.6) is 0 Å². The number of halogens is 1. The van der Waals surface area contributed by atoms with E-state index in [1.54, 1.807) is 0 Å². The first-order valence-electron chi connectivity index (χ1n) is 7.67. The molecule has 0 atom stereocenters. The molecule has 1 aromatic carbocycles. The van der Waals surface area contributed by atoms with Gasteiger partial charge < -0.3 is 11.1 Å². The molecule has 1 aromatic rings. The number of nitrogens with zero attached hydrogens (tertiary/aromatic N) is 1. The van der Waals surface area contributed by atoms with Gasteiger partial charge in [0.2, 0.25) is 5.91 Å². The van der Waals surface area contributed by atoms with E-state index in [2.05, 4.69) is 10.2 Å². The van der Waals surface area contributed by atoms with E-state index in [1.165, 1.54) is 43.9 Å². The number of anilines is 2. The van der Waals surface area contributed by atoms with E-state index in [4.69, 9.17) is 5.73 Å². The second kappa shape index (κ2) is 6.02. The zero-order chi connectivity index (χ0) is 14.8. The molecular weight excluding hydrogens is 269 g/mol. The van der Waals surface area contributed by atoms with Crippen LogP contribution in [0.4, 0.5) is 15.8 Å². The third-order valence-corrected chi connectivity index (χ3v) is 4.07. The molecule has 1 amide bonds. The fourth-order valence-electron chi connectivity index (χ4n) is 2.56. The maximum Gasteiger partial charge on any atom is 0.238 e. The number of hydrogen-bond donors (Lipinski definition) is 2. The Morgan fingerprint density at radius 3 is 2.38 bits per heavy atom. The summed E-state index contributed by atoms with van der Waals surface area (Å²) in [5.74, 6) is 1.04. The summed E-state index contributed by atoms with van der Waals surface area (Å²) in [5, 5.41) is 2.80. The molecule has 3 N–H and O–H groups in total. The summed E-state index contributed by atoms with van der Waals surface area (Å²) in [6.45, 7) is 2.45. The van der Waals surface area contributed by atoms with Crippen molar-refractivity contribution in [1.82, 2.24) is 4.90 Å². The van der Waals surface area contributed by atoms with Gasteiger partial charge in [-0.15, -0.1) is 0 Å². The normalized spacial score (nSPS) is 18.0. The molecule has 0 bridgehead atoms. The average Bonchev–Trinajstić information content (AvgIpc) is 3.30. The number of carbonyl (C=O) groups excluding carboxylic acids is 1. The predicted molar refractivity (Wildman–Crippen MR) is 81.3 cm³/mol. The van der Waals surface area contributed by atoms with Gasteiger partial charge in [0.05, 0.1) is 12.2 Å². The monoisotopic (exact) mass is 291 g/mol. The molecule has 3 rings (SSSR count). The van der Waals surface area contributed by atoms with Gasteiger partial charge in [0, 0.05) is 18.8 Å². The van der Waals surface area contributed by atoms with Gasteiger partial charge >= 0.3 is 0 Å². The maximum absolute atomic E-state index is 13.1. The van der Waals surface area contributed by atoms with Crippen LogP contribution in [0.15, 0.2) is 18.2 Å². The number of amides is 1. The van der Waals surface area contributed by atoms with Crippen LogP contribution in [-0.2, 0) is 4.79 Å². The molecule has 21 heavy (non-hydrogen) atoms. The third-order valence-electron chi connectivity index (χ3n) is 4.07. The van der Waals surface area contributed by atoms with Crippen LogP contribution in [0.25, 0.3) is 0 Å². The van der Waals surface area contributed by atoms with Gasteiger partial charge in [-0.05, 0) is 55.7 Å². The van der Waals surface area contributed by atoms with Crippen LogP contribution >= 0.6 is 0 Å². The van der Waals surface area contributed by atoms with Crippen molar-refractivity contribution in [2.24, 2.45) is 11.8 Å². The number of nitrogens with one attached hydrogen (secondary N) is 1. The van der Waals surface area contributed by atoms with Crippen LogP contribution in [0, 0.1) is 17.7 Å². The van der Waals surface area contributed by atoms with Gasteiger partial charge in [-0.25, -0.2) is 4.39 Å². The van der Waals surface area contributed by atoms with E-state index in [-0.39, 0.29) is 11.6 Å². The Kier molecular flexibility index (Phi) is 4.10. The number of hydrogen-bond acceptors (Lipinski definition) is 3. The molecule has 2 saturated carbocycles. The lowest BCUT2D eigenvalue weighted by Gasteiger charge is -2.21. The van der Waals surface area contributed by atoms with Crippen molar-refractivity contribution in [2.75, 3.05) is 30.7 Å². The second-order valence-electron chi connectivity index (χ2n) is 6.37. The summed E-state index contributed by atoms with van der Waals surface area (Å²) in [6.07, 6.45) is 5.16. The van der Waals surface area contributed by atoms with Gasteiger partial charge in [0.25, 0.3) is 0 Å². The molecule has 0 saturated heterocycles. The van der Waals surface area contributed by atoms with Crippen molar-refractivity contribution in [1.29, 1.82) is 0 Å². The molecule has 2 aliphatic rings. The zero-order valence-corrected chi connectivity index (χ0v) is 12.1. The van der Waals surface area contributed by atoms with Crippen LogP contribution in [-0.4, -0.2) is 30.4 Å². The fraction of sp³-hybridized carbons (Fsp3) is 0.562. The Morgan fingerprint density at radius 1 is 1.24 bits per heavy atom. The SMILES string of the molecule is Nc1cc(NC(=O)CN(CC2CC2)CC2CC2)ccc1F. The van der Waals surface area contributed by atoms with E-state index in [1.807, 2.05) is 0 Å². The summed E-state index contributed by atoms with van der Waals surface area (Å²) in [7, 11) is 0. The summed E-state index contributed by atoms with van der Waals surface area (Å²) >= 11 is 0. The summed E-state index contributed by atoms with van der Waals surface area (Å²) < 4.78 is 13.1. The van der Waals surface area contributed by atoms with Crippen molar-refractivity contribution >= 4 is 17.3 Å². The minimum absolute atomic E-state index is 0.0534. The highest BCUT2D eigenvalue weighted by atomic mass is 19.1. The van der Waals surface area contributed by atoms with Crippen LogP contribution in [0.3, 0.4) is 0 Å². The number of nitrogen functional groups attached to an aromatic ring is 1. The number of rotatable bonds is 7. The number of carbonyl (C=O) groups is 1. The quantitative estimate of drug-likeness (QED) is 0.759. The molecule has 0 aromatic heterocycles. The van der Waals surface area contributed by atoms with Crippen LogP contribution in [0.1, 0.15) is 25.7 Å². The highest BCUT2D eigenvalue weighted by Crippen LogP contribution is 2.33. The van der Waals surface area contributed by atoms with Crippen molar-refractivity contribution in [3.63, 3.8) is 0 Å². The lowest BCUT2D eigenvalue weighted by Crippen LogP contribution is -2.36. The molecule has 0 unspecified atom stereocenters. The molecule has 4 nitrogen and oxygen atoms in total. The second-order valence-corrected chi connectivity index (χ2v) is 6.37. The van der Waals surface area contributed by atoms with E-state index in [0.29, 0.717) is 12.2 Å². The molecular formula is C16H22FN3O. The largest absolute Gasteiger partial charge is 0.396 e. The number of nitrogens with two attached hydrogens (primary N) is 1.